The minimum Gasteiger partial charge on any atom is -0.322 e. The molecule has 1 amide bonds. The quantitative estimate of drug-likeness (QED) is 0.606. The van der Waals surface area contributed by atoms with Crippen molar-refractivity contribution in [2.45, 2.75) is 18.2 Å². The van der Waals surface area contributed by atoms with E-state index in [-0.39, 0.29) is 10.6 Å². The van der Waals surface area contributed by atoms with Gasteiger partial charge in [-0.25, -0.2) is 17.2 Å². The first-order valence-electron chi connectivity index (χ1n) is 9.23. The maximum Gasteiger partial charge on any atom is 0.264 e. The first kappa shape index (κ1) is 21.4. The standard InChI is InChI=1S/C22H20F2N2O3S/c1-2-16-8-6-7-11-21(16)26(30(28,29)18-9-4-3-5-10-18)15-22(27)25-20-13-12-17(23)14-19(20)24/h3-14H,2,15H2,1H3,(H,25,27). The van der Waals surface area contributed by atoms with E-state index in [4.69, 9.17) is 0 Å². The summed E-state index contributed by atoms with van der Waals surface area (Å²) in [6.45, 7) is 1.30. The molecule has 0 unspecified atom stereocenters. The van der Waals surface area contributed by atoms with Crippen LogP contribution in [0.2, 0.25) is 0 Å². The summed E-state index contributed by atoms with van der Waals surface area (Å²) in [4.78, 5) is 12.7. The lowest BCUT2D eigenvalue weighted by molar-refractivity contribution is -0.114. The van der Waals surface area contributed by atoms with Crippen LogP contribution < -0.4 is 9.62 Å². The largest absolute Gasteiger partial charge is 0.322 e. The number of nitrogens with one attached hydrogen (secondary N) is 1. The number of sulfonamides is 1. The third kappa shape index (κ3) is 4.65. The van der Waals surface area contributed by atoms with Crippen molar-refractivity contribution in [3.63, 3.8) is 0 Å². The molecule has 0 aliphatic carbocycles. The number of benzene rings is 3. The molecule has 0 aliphatic rings. The lowest BCUT2D eigenvalue weighted by atomic mass is 10.1. The van der Waals surface area contributed by atoms with Crippen molar-refractivity contribution in [2.75, 3.05) is 16.2 Å². The Morgan fingerprint density at radius 3 is 2.30 bits per heavy atom. The van der Waals surface area contributed by atoms with Crippen molar-refractivity contribution in [2.24, 2.45) is 0 Å². The molecule has 0 radical (unpaired) electrons. The van der Waals surface area contributed by atoms with Crippen LogP contribution in [0.1, 0.15) is 12.5 Å². The van der Waals surface area contributed by atoms with Crippen molar-refractivity contribution < 1.29 is 22.0 Å². The number of carbonyl (C=O) groups is 1. The van der Waals surface area contributed by atoms with Gasteiger partial charge in [-0.3, -0.25) is 9.10 Å². The second-order valence-corrected chi connectivity index (χ2v) is 8.34. The Morgan fingerprint density at radius 1 is 0.967 bits per heavy atom. The average molecular weight is 430 g/mol. The molecule has 0 fully saturated rings. The van der Waals surface area contributed by atoms with Crippen LogP contribution in [0.3, 0.4) is 0 Å². The fourth-order valence-electron chi connectivity index (χ4n) is 2.98. The van der Waals surface area contributed by atoms with Gasteiger partial charge in [0.15, 0.2) is 0 Å². The van der Waals surface area contributed by atoms with Gasteiger partial charge in [-0.05, 0) is 42.3 Å². The van der Waals surface area contributed by atoms with Gasteiger partial charge in [0, 0.05) is 6.07 Å². The number of nitrogens with zero attached hydrogens (tertiary/aromatic N) is 1. The number of rotatable bonds is 7. The highest BCUT2D eigenvalue weighted by atomic mass is 32.2. The molecule has 5 nitrogen and oxygen atoms in total. The minimum atomic E-state index is -4.07. The summed E-state index contributed by atoms with van der Waals surface area (Å²) in [5, 5.41) is 2.31. The first-order chi connectivity index (χ1) is 14.3. The van der Waals surface area contributed by atoms with Gasteiger partial charge in [0.1, 0.15) is 18.2 Å². The Balaban J connectivity index is 1.98. The molecule has 3 rings (SSSR count). The Kier molecular flexibility index (Phi) is 6.47. The smallest absolute Gasteiger partial charge is 0.264 e. The number of aryl methyl sites for hydroxylation is 1. The molecule has 0 atom stereocenters. The fourth-order valence-corrected chi connectivity index (χ4v) is 4.46. The van der Waals surface area contributed by atoms with Crippen LogP contribution in [0.4, 0.5) is 20.2 Å². The van der Waals surface area contributed by atoms with Gasteiger partial charge in [0.2, 0.25) is 5.91 Å². The Morgan fingerprint density at radius 2 is 1.63 bits per heavy atom. The molecular weight excluding hydrogens is 410 g/mol. The summed E-state index contributed by atoms with van der Waals surface area (Å²) >= 11 is 0. The maximum atomic E-state index is 13.9. The molecule has 1 N–H and O–H groups in total. The molecule has 3 aromatic rings. The molecular formula is C22H20F2N2O3S. The van der Waals surface area contributed by atoms with Crippen LogP contribution in [-0.2, 0) is 21.2 Å². The van der Waals surface area contributed by atoms with Gasteiger partial charge in [0.05, 0.1) is 16.3 Å². The second-order valence-electron chi connectivity index (χ2n) is 6.48. The summed E-state index contributed by atoms with van der Waals surface area (Å²) < 4.78 is 54.6. The van der Waals surface area contributed by atoms with E-state index in [2.05, 4.69) is 5.32 Å². The highest BCUT2D eigenvalue weighted by Crippen LogP contribution is 2.27. The number of hydrogen-bond acceptors (Lipinski definition) is 3. The van der Waals surface area contributed by atoms with Crippen LogP contribution in [0.25, 0.3) is 0 Å². The highest BCUT2D eigenvalue weighted by Gasteiger charge is 2.28. The van der Waals surface area contributed by atoms with Crippen LogP contribution in [-0.4, -0.2) is 20.9 Å². The predicted molar refractivity (Wildman–Crippen MR) is 112 cm³/mol. The van der Waals surface area contributed by atoms with Crippen LogP contribution in [0.5, 0.6) is 0 Å². The zero-order valence-corrected chi connectivity index (χ0v) is 17.0. The highest BCUT2D eigenvalue weighted by molar-refractivity contribution is 7.92. The Labute approximate surface area is 174 Å². The molecule has 0 aromatic heterocycles. The summed E-state index contributed by atoms with van der Waals surface area (Å²) in [5.74, 6) is -2.49. The second kappa shape index (κ2) is 9.04. The van der Waals surface area contributed by atoms with Crippen molar-refractivity contribution in [3.8, 4) is 0 Å². The van der Waals surface area contributed by atoms with Gasteiger partial charge in [-0.2, -0.15) is 0 Å². The zero-order valence-electron chi connectivity index (χ0n) is 16.2. The molecule has 156 valence electrons. The normalized spacial score (nSPS) is 11.2. The number of carbonyl (C=O) groups excluding carboxylic acids is 1. The van der Waals surface area contributed by atoms with E-state index in [1.54, 1.807) is 42.5 Å². The van der Waals surface area contributed by atoms with Gasteiger partial charge in [-0.15, -0.1) is 0 Å². The Bertz CT molecular complexity index is 1150. The molecule has 3 aromatic carbocycles. The summed E-state index contributed by atoms with van der Waals surface area (Å²) in [7, 11) is -4.07. The SMILES string of the molecule is CCc1ccccc1N(CC(=O)Nc1ccc(F)cc1F)S(=O)(=O)c1ccccc1. The third-order valence-corrected chi connectivity index (χ3v) is 6.24. The van der Waals surface area contributed by atoms with E-state index in [0.717, 1.165) is 22.0 Å². The summed E-state index contributed by atoms with van der Waals surface area (Å²) in [6, 6.07) is 17.3. The van der Waals surface area contributed by atoms with Crippen molar-refractivity contribution in [1.82, 2.24) is 0 Å². The Hall–Kier alpha value is -3.26. The minimum absolute atomic E-state index is 0.0247. The van der Waals surface area contributed by atoms with E-state index < -0.39 is 34.1 Å². The van der Waals surface area contributed by atoms with E-state index in [1.807, 2.05) is 6.92 Å². The van der Waals surface area contributed by atoms with Gasteiger partial charge in [-0.1, -0.05) is 43.3 Å². The topological polar surface area (TPSA) is 66.5 Å². The van der Waals surface area contributed by atoms with E-state index in [9.17, 15) is 22.0 Å². The van der Waals surface area contributed by atoms with Gasteiger partial charge < -0.3 is 5.32 Å². The average Bonchev–Trinajstić information content (AvgIpc) is 2.74. The number of hydrogen-bond donors (Lipinski definition) is 1. The number of halogens is 2. The summed E-state index contributed by atoms with van der Waals surface area (Å²) in [5.41, 5.74) is 0.860. The van der Waals surface area contributed by atoms with Crippen molar-refractivity contribution >= 4 is 27.3 Å². The van der Waals surface area contributed by atoms with Crippen LogP contribution in [0, 0.1) is 11.6 Å². The number of amides is 1. The van der Waals surface area contributed by atoms with E-state index >= 15 is 0 Å². The molecule has 0 spiro atoms. The molecule has 0 saturated heterocycles. The van der Waals surface area contributed by atoms with E-state index in [1.165, 1.54) is 12.1 Å². The maximum absolute atomic E-state index is 13.9. The summed E-state index contributed by atoms with van der Waals surface area (Å²) in [6.07, 6.45) is 0.547. The number of para-hydroxylation sites is 1. The fraction of sp³-hybridized carbons (Fsp3) is 0.136. The van der Waals surface area contributed by atoms with Crippen molar-refractivity contribution in [1.29, 1.82) is 0 Å². The lowest BCUT2D eigenvalue weighted by Crippen LogP contribution is -2.38. The zero-order chi connectivity index (χ0) is 21.7. The predicted octanol–water partition coefficient (Wildman–Crippen LogP) is 4.36. The molecule has 8 heteroatoms. The van der Waals surface area contributed by atoms with E-state index in [0.29, 0.717) is 18.2 Å². The molecule has 0 aliphatic heterocycles. The molecule has 30 heavy (non-hydrogen) atoms. The number of anilines is 2. The molecule has 0 bridgehead atoms. The third-order valence-electron chi connectivity index (χ3n) is 4.46. The van der Waals surface area contributed by atoms with Crippen molar-refractivity contribution in [3.05, 3.63) is 90.0 Å². The monoisotopic (exact) mass is 430 g/mol. The molecule has 0 saturated carbocycles. The lowest BCUT2D eigenvalue weighted by Gasteiger charge is -2.26. The van der Waals surface area contributed by atoms with Gasteiger partial charge in [0.25, 0.3) is 10.0 Å². The van der Waals surface area contributed by atoms with Gasteiger partial charge >= 0.3 is 0 Å². The molecule has 0 heterocycles. The first-order valence-corrected chi connectivity index (χ1v) is 10.7. The van der Waals surface area contributed by atoms with Crippen LogP contribution in [0.15, 0.2) is 77.7 Å². The van der Waals surface area contributed by atoms with Crippen LogP contribution >= 0.6 is 0 Å².